The van der Waals surface area contributed by atoms with Gasteiger partial charge in [0.05, 0.1) is 11.1 Å². The number of rotatable bonds is 1. The lowest BCUT2D eigenvalue weighted by atomic mass is 9.64. The molecule has 43 heavy (non-hydrogen) atoms. The molecule has 2 unspecified atom stereocenters. The van der Waals surface area contributed by atoms with E-state index >= 15 is 0 Å². The molecular weight excluding hydrogens is 539 g/mol. The maximum absolute atomic E-state index is 2.63. The highest BCUT2D eigenvalue weighted by Crippen LogP contribution is 2.67. The number of anilines is 2. The molecule has 2 aliphatic heterocycles. The molecule has 2 heterocycles. The molecule has 204 valence electrons. The molecule has 0 saturated heterocycles. The summed E-state index contributed by atoms with van der Waals surface area (Å²) in [4.78, 5) is 5.32. The van der Waals surface area contributed by atoms with Gasteiger partial charge in [0.25, 0.3) is 0 Å². The number of hydrogen-bond acceptors (Lipinski definition) is 2. The van der Waals surface area contributed by atoms with E-state index < -0.39 is 0 Å². The van der Waals surface area contributed by atoms with Crippen LogP contribution in [0.5, 0.6) is 0 Å². The lowest BCUT2D eigenvalue weighted by Gasteiger charge is -2.42. The first kappa shape index (κ1) is 24.0. The molecule has 1 spiro atoms. The minimum Gasteiger partial charge on any atom is -0.313 e. The molecule has 10 rings (SSSR count). The lowest BCUT2D eigenvalue weighted by molar-refractivity contribution is 0.619. The monoisotopic (exact) mass is 567 g/mol. The standard InChI is InChI=1S/C41H29NS/c1-2-13-27(14-3-1)42-36-23-22-26-12-4-5-15-28(26)40(36)31-24-30-29-16-6-7-17-32(29)41(35(30)25-37(31)42)33-18-8-10-20-38(33)43-39-21-11-9-19-34(39)41/h1-15,17-23,25,29,31H,16,24H2. The van der Waals surface area contributed by atoms with Crippen molar-refractivity contribution in [1.29, 1.82) is 0 Å². The Balaban J connectivity index is 1.30. The van der Waals surface area contributed by atoms with Crippen LogP contribution < -0.4 is 4.90 Å². The molecule has 0 N–H and O–H groups in total. The first-order valence-corrected chi connectivity index (χ1v) is 16.2. The zero-order chi connectivity index (χ0) is 28.1. The summed E-state index contributed by atoms with van der Waals surface area (Å²) >= 11 is 1.93. The summed E-state index contributed by atoms with van der Waals surface area (Å²) in [5.74, 6) is 0.747. The summed E-state index contributed by atoms with van der Waals surface area (Å²) in [6, 6.07) is 43.0. The molecule has 0 saturated carbocycles. The molecule has 5 aromatic rings. The molecule has 2 heteroatoms. The van der Waals surface area contributed by atoms with Crippen molar-refractivity contribution in [2.24, 2.45) is 5.92 Å². The van der Waals surface area contributed by atoms with Crippen LogP contribution in [0.2, 0.25) is 0 Å². The highest BCUT2D eigenvalue weighted by atomic mass is 32.2. The average Bonchev–Trinajstić information content (AvgIpc) is 3.55. The SMILES string of the molecule is C1=CCC2C(=C1)C1(C3=C2CC2C(=C3)N(c3ccccc3)c3ccc4ccccc4c32)c2ccccc2Sc2ccccc21. The van der Waals surface area contributed by atoms with Gasteiger partial charge in [-0.15, -0.1) is 0 Å². The Bertz CT molecular complexity index is 2080. The Morgan fingerprint density at radius 1 is 0.698 bits per heavy atom. The van der Waals surface area contributed by atoms with Crippen molar-refractivity contribution < 1.29 is 0 Å². The summed E-state index contributed by atoms with van der Waals surface area (Å²) < 4.78 is 0. The van der Waals surface area contributed by atoms with E-state index in [2.05, 4.69) is 144 Å². The zero-order valence-electron chi connectivity index (χ0n) is 23.7. The minimum absolute atomic E-state index is 0.277. The third-order valence-electron chi connectivity index (χ3n) is 10.4. The van der Waals surface area contributed by atoms with Gasteiger partial charge < -0.3 is 4.90 Å². The average molecular weight is 568 g/mol. The first-order chi connectivity index (χ1) is 21.3. The second-order valence-corrected chi connectivity index (χ2v) is 13.4. The van der Waals surface area contributed by atoms with Crippen LogP contribution in [0.3, 0.4) is 0 Å². The smallest absolute Gasteiger partial charge is 0.0692 e. The predicted octanol–water partition coefficient (Wildman–Crippen LogP) is 10.6. The number of allylic oxidation sites excluding steroid dienone is 8. The van der Waals surface area contributed by atoms with Crippen LogP contribution in [0.1, 0.15) is 35.4 Å². The molecule has 0 fully saturated rings. The third kappa shape index (κ3) is 3.04. The van der Waals surface area contributed by atoms with Crippen LogP contribution in [0.15, 0.2) is 172 Å². The van der Waals surface area contributed by atoms with E-state index in [1.165, 1.54) is 59.9 Å². The topological polar surface area (TPSA) is 3.24 Å². The Hall–Kier alpha value is -4.53. The van der Waals surface area contributed by atoms with Gasteiger partial charge in [-0.1, -0.05) is 120 Å². The number of fused-ring (bicyclic) bond motifs is 13. The van der Waals surface area contributed by atoms with Crippen LogP contribution in [0.4, 0.5) is 11.4 Å². The number of benzene rings is 5. The Morgan fingerprint density at radius 3 is 2.23 bits per heavy atom. The van der Waals surface area contributed by atoms with Gasteiger partial charge in [-0.3, -0.25) is 0 Å². The van der Waals surface area contributed by atoms with Crippen LogP contribution in [0, 0.1) is 5.92 Å². The second-order valence-electron chi connectivity index (χ2n) is 12.3. The van der Waals surface area contributed by atoms with E-state index in [1.54, 1.807) is 11.1 Å². The fourth-order valence-corrected chi connectivity index (χ4v) is 10.1. The summed E-state index contributed by atoms with van der Waals surface area (Å²) in [5, 5.41) is 2.71. The van der Waals surface area contributed by atoms with Gasteiger partial charge in [0.2, 0.25) is 0 Å². The van der Waals surface area contributed by atoms with Crippen LogP contribution in [0.25, 0.3) is 10.8 Å². The van der Waals surface area contributed by atoms with Crippen molar-refractivity contribution in [3.8, 4) is 0 Å². The molecular formula is C41H29NS. The van der Waals surface area contributed by atoms with Gasteiger partial charge >= 0.3 is 0 Å². The minimum atomic E-state index is -0.277. The highest BCUT2D eigenvalue weighted by Gasteiger charge is 2.56. The quantitative estimate of drug-likeness (QED) is 0.198. The van der Waals surface area contributed by atoms with Gasteiger partial charge in [0, 0.05) is 33.0 Å². The van der Waals surface area contributed by atoms with E-state index in [4.69, 9.17) is 0 Å². The number of para-hydroxylation sites is 1. The number of hydrogen-bond donors (Lipinski definition) is 0. The maximum Gasteiger partial charge on any atom is 0.0692 e. The van der Waals surface area contributed by atoms with Crippen molar-refractivity contribution >= 4 is 33.9 Å². The predicted molar refractivity (Wildman–Crippen MR) is 178 cm³/mol. The van der Waals surface area contributed by atoms with Gasteiger partial charge in [-0.05, 0) is 87.9 Å². The van der Waals surface area contributed by atoms with E-state index in [-0.39, 0.29) is 5.41 Å². The summed E-state index contributed by atoms with van der Waals surface area (Å²) in [5.41, 5.74) is 12.8. The van der Waals surface area contributed by atoms with E-state index in [0.717, 1.165) is 12.8 Å². The van der Waals surface area contributed by atoms with Crippen molar-refractivity contribution in [3.05, 3.63) is 179 Å². The molecule has 2 atom stereocenters. The summed E-state index contributed by atoms with van der Waals surface area (Å²) in [7, 11) is 0. The third-order valence-corrected chi connectivity index (χ3v) is 11.6. The Labute approximate surface area is 256 Å². The Morgan fingerprint density at radius 2 is 1.42 bits per heavy atom. The van der Waals surface area contributed by atoms with Gasteiger partial charge in [0.1, 0.15) is 0 Å². The van der Waals surface area contributed by atoms with Gasteiger partial charge in [0.15, 0.2) is 0 Å². The molecule has 0 bridgehead atoms. The van der Waals surface area contributed by atoms with Crippen molar-refractivity contribution in [2.45, 2.75) is 34.0 Å². The second kappa shape index (κ2) is 8.75. The highest BCUT2D eigenvalue weighted by molar-refractivity contribution is 7.99. The molecule has 0 aromatic heterocycles. The van der Waals surface area contributed by atoms with Crippen molar-refractivity contribution in [2.75, 3.05) is 4.90 Å². The fourth-order valence-electron chi connectivity index (χ4n) is 8.87. The summed E-state index contributed by atoms with van der Waals surface area (Å²) in [6.45, 7) is 0. The van der Waals surface area contributed by atoms with Crippen molar-refractivity contribution in [3.63, 3.8) is 0 Å². The van der Waals surface area contributed by atoms with Gasteiger partial charge in [-0.2, -0.15) is 0 Å². The number of nitrogens with zero attached hydrogens (tertiary/aromatic N) is 1. The van der Waals surface area contributed by atoms with Crippen LogP contribution >= 0.6 is 11.8 Å². The lowest BCUT2D eigenvalue weighted by Crippen LogP contribution is -2.34. The van der Waals surface area contributed by atoms with E-state index in [1.807, 2.05) is 11.8 Å². The molecule has 5 aliphatic rings. The van der Waals surface area contributed by atoms with Crippen molar-refractivity contribution in [1.82, 2.24) is 0 Å². The molecule has 0 radical (unpaired) electrons. The molecule has 3 aliphatic carbocycles. The Kier molecular flexibility index (Phi) is 4.88. The molecule has 5 aromatic carbocycles. The van der Waals surface area contributed by atoms with Crippen LogP contribution in [-0.2, 0) is 5.41 Å². The molecule has 0 amide bonds. The largest absolute Gasteiger partial charge is 0.313 e. The summed E-state index contributed by atoms with van der Waals surface area (Å²) in [6.07, 6.45) is 11.9. The van der Waals surface area contributed by atoms with Gasteiger partial charge in [-0.25, -0.2) is 0 Å². The first-order valence-electron chi connectivity index (χ1n) is 15.4. The maximum atomic E-state index is 2.63. The van der Waals surface area contributed by atoms with E-state index in [9.17, 15) is 0 Å². The zero-order valence-corrected chi connectivity index (χ0v) is 24.5. The van der Waals surface area contributed by atoms with Crippen LogP contribution in [-0.4, -0.2) is 0 Å². The fraction of sp³-hybridized carbons (Fsp3) is 0.122. The normalized spacial score (nSPS) is 21.9. The molecule has 1 nitrogen and oxygen atoms in total. The van der Waals surface area contributed by atoms with E-state index in [0.29, 0.717) is 11.8 Å².